The molecule has 3 nitrogen and oxygen atoms in total. The molecule has 0 spiro atoms. The van der Waals surface area contributed by atoms with Gasteiger partial charge in [-0.15, -0.1) is 0 Å². The van der Waals surface area contributed by atoms with Gasteiger partial charge < -0.3 is 5.73 Å². The molecule has 2 aromatic carbocycles. The summed E-state index contributed by atoms with van der Waals surface area (Å²) < 4.78 is 77.7. The molecule has 9 heteroatoms. The highest BCUT2D eigenvalue weighted by Gasteiger charge is 2.38. The molecule has 1 amide bonds. The highest BCUT2D eigenvalue weighted by molar-refractivity contribution is 5.81. The molecule has 0 saturated carbocycles. The average molecular weight is 376 g/mol. The smallest absolute Gasteiger partial charge is 0.368 e. The van der Waals surface area contributed by atoms with Gasteiger partial charge in [-0.25, -0.2) is 0 Å². The molecule has 0 radical (unpaired) electrons. The Hall–Kier alpha value is -2.55. The average Bonchev–Trinajstić information content (AvgIpc) is 2.54. The minimum absolute atomic E-state index is 0.00124. The molecule has 2 rings (SSSR count). The second kappa shape index (κ2) is 7.36. The lowest BCUT2D eigenvalue weighted by atomic mass is 9.98. The van der Waals surface area contributed by atoms with Gasteiger partial charge in [0.2, 0.25) is 5.91 Å². The summed E-state index contributed by atoms with van der Waals surface area (Å²) in [6.07, 6.45) is -10.0. The van der Waals surface area contributed by atoms with E-state index in [1.54, 1.807) is 30.3 Å². The number of benzene rings is 2. The zero-order valence-corrected chi connectivity index (χ0v) is 13.2. The number of carbonyl (C=O) groups is 1. The minimum Gasteiger partial charge on any atom is -0.368 e. The first-order valence-electron chi connectivity index (χ1n) is 7.34. The van der Waals surface area contributed by atoms with Crippen LogP contribution < -0.4 is 11.1 Å². The molecule has 0 heterocycles. The van der Waals surface area contributed by atoms with Gasteiger partial charge in [-0.1, -0.05) is 30.3 Å². The van der Waals surface area contributed by atoms with E-state index < -0.39 is 41.0 Å². The van der Waals surface area contributed by atoms with Crippen LogP contribution in [0.5, 0.6) is 0 Å². The molecule has 2 aromatic rings. The van der Waals surface area contributed by atoms with Crippen LogP contribution in [0.1, 0.15) is 28.3 Å². The zero-order chi connectivity index (χ0) is 19.5. The van der Waals surface area contributed by atoms with E-state index in [9.17, 15) is 31.1 Å². The predicted molar refractivity (Wildman–Crippen MR) is 81.7 cm³/mol. The molecule has 0 fully saturated rings. The van der Waals surface area contributed by atoms with Crippen molar-refractivity contribution in [1.82, 2.24) is 5.32 Å². The largest absolute Gasteiger partial charge is 0.416 e. The Kier molecular flexibility index (Phi) is 5.60. The van der Waals surface area contributed by atoms with E-state index in [-0.39, 0.29) is 12.6 Å². The Morgan fingerprint density at radius 3 is 1.85 bits per heavy atom. The zero-order valence-electron chi connectivity index (χ0n) is 13.2. The summed E-state index contributed by atoms with van der Waals surface area (Å²) in [6.45, 7) is 0.0338. The number of carbonyl (C=O) groups excluding carboxylic acids is 1. The third kappa shape index (κ3) is 4.98. The van der Waals surface area contributed by atoms with Crippen LogP contribution >= 0.6 is 0 Å². The third-order valence-corrected chi connectivity index (χ3v) is 3.58. The van der Waals surface area contributed by atoms with Crippen LogP contribution in [-0.2, 0) is 23.7 Å². The molecule has 0 aliphatic rings. The number of primary amides is 1. The molecular formula is C17H14F6N2O. The van der Waals surface area contributed by atoms with Crippen LogP contribution in [0.25, 0.3) is 0 Å². The van der Waals surface area contributed by atoms with Crippen LogP contribution in [0.3, 0.4) is 0 Å². The lowest BCUT2D eigenvalue weighted by Gasteiger charge is -2.20. The quantitative estimate of drug-likeness (QED) is 0.774. The van der Waals surface area contributed by atoms with Gasteiger partial charge in [0, 0.05) is 6.54 Å². The fourth-order valence-electron chi connectivity index (χ4n) is 2.34. The first kappa shape index (κ1) is 19.8. The van der Waals surface area contributed by atoms with E-state index in [1.807, 2.05) is 0 Å². The van der Waals surface area contributed by atoms with Crippen molar-refractivity contribution in [1.29, 1.82) is 0 Å². The van der Waals surface area contributed by atoms with Crippen LogP contribution in [0.15, 0.2) is 48.5 Å². The van der Waals surface area contributed by atoms with Gasteiger partial charge in [0.05, 0.1) is 11.1 Å². The second-order valence-corrected chi connectivity index (χ2v) is 5.54. The number of hydrogen-bond donors (Lipinski definition) is 2. The summed E-state index contributed by atoms with van der Waals surface area (Å²) in [4.78, 5) is 11.6. The van der Waals surface area contributed by atoms with Crippen molar-refractivity contribution in [3.63, 3.8) is 0 Å². The van der Waals surface area contributed by atoms with E-state index >= 15 is 0 Å². The lowest BCUT2D eigenvalue weighted by Crippen LogP contribution is -2.33. The topological polar surface area (TPSA) is 55.1 Å². The molecule has 3 N–H and O–H groups in total. The number of rotatable bonds is 5. The molecule has 1 unspecified atom stereocenters. The first-order valence-corrected chi connectivity index (χ1v) is 7.34. The van der Waals surface area contributed by atoms with E-state index in [2.05, 4.69) is 5.32 Å². The molecule has 0 aliphatic carbocycles. The van der Waals surface area contributed by atoms with E-state index in [1.165, 1.54) is 0 Å². The number of halogens is 6. The van der Waals surface area contributed by atoms with Crippen LogP contribution in [0.4, 0.5) is 26.3 Å². The minimum atomic E-state index is -5.00. The molecule has 0 saturated heterocycles. The van der Waals surface area contributed by atoms with E-state index in [0.717, 1.165) is 0 Å². The van der Waals surface area contributed by atoms with Crippen molar-refractivity contribution >= 4 is 5.91 Å². The fraction of sp³-hybridized carbons (Fsp3) is 0.235. The first-order chi connectivity index (χ1) is 12.0. The molecule has 1 atom stereocenters. The van der Waals surface area contributed by atoms with Crippen molar-refractivity contribution in [2.45, 2.75) is 24.9 Å². The van der Waals surface area contributed by atoms with E-state index in [0.29, 0.717) is 17.7 Å². The SMILES string of the molecule is NC(=O)C(NCc1ccccc1)c1cc(C(F)(F)F)cc(C(F)(F)F)c1. The Morgan fingerprint density at radius 2 is 1.42 bits per heavy atom. The standard InChI is InChI=1S/C17H14F6N2O/c18-16(19,20)12-6-11(7-13(8-12)17(21,22)23)14(15(24)26)25-9-10-4-2-1-3-5-10/h1-8,14,25H,9H2,(H2,24,26). The second-order valence-electron chi connectivity index (χ2n) is 5.54. The Labute approximate surface area is 144 Å². The maximum atomic E-state index is 12.9. The normalized spacial score (nSPS) is 13.5. The Balaban J connectivity index is 2.42. The molecule has 0 aliphatic heterocycles. The summed E-state index contributed by atoms with van der Waals surface area (Å²) in [6, 6.07) is 7.95. The van der Waals surface area contributed by atoms with Crippen molar-refractivity contribution in [3.05, 3.63) is 70.8 Å². The molecule has 140 valence electrons. The highest BCUT2D eigenvalue weighted by atomic mass is 19.4. The molecule has 0 bridgehead atoms. The summed E-state index contributed by atoms with van der Waals surface area (Å²) in [5.41, 5.74) is 2.36. The van der Waals surface area contributed by atoms with Crippen molar-refractivity contribution in [2.24, 2.45) is 5.73 Å². The maximum Gasteiger partial charge on any atom is 0.416 e. The fourth-order valence-corrected chi connectivity index (χ4v) is 2.34. The summed E-state index contributed by atoms with van der Waals surface area (Å²) in [5.74, 6) is -1.09. The molecular weight excluding hydrogens is 362 g/mol. The number of nitrogens with one attached hydrogen (secondary N) is 1. The van der Waals surface area contributed by atoms with Gasteiger partial charge in [-0.2, -0.15) is 26.3 Å². The van der Waals surface area contributed by atoms with Gasteiger partial charge in [0.1, 0.15) is 6.04 Å². The summed E-state index contributed by atoms with van der Waals surface area (Å²) in [7, 11) is 0. The van der Waals surface area contributed by atoms with Crippen LogP contribution in [0.2, 0.25) is 0 Å². The van der Waals surface area contributed by atoms with Gasteiger partial charge >= 0.3 is 12.4 Å². The number of amides is 1. The van der Waals surface area contributed by atoms with Crippen LogP contribution in [0, 0.1) is 0 Å². The van der Waals surface area contributed by atoms with Crippen molar-refractivity contribution in [2.75, 3.05) is 0 Å². The van der Waals surface area contributed by atoms with Gasteiger partial charge in [0.25, 0.3) is 0 Å². The monoisotopic (exact) mass is 376 g/mol. The predicted octanol–water partition coefficient (Wildman–Crippen LogP) is 4.04. The van der Waals surface area contributed by atoms with Gasteiger partial charge in [0.15, 0.2) is 0 Å². The summed E-state index contributed by atoms with van der Waals surface area (Å²) >= 11 is 0. The number of hydrogen-bond acceptors (Lipinski definition) is 2. The molecule has 26 heavy (non-hydrogen) atoms. The Morgan fingerprint density at radius 1 is 0.923 bits per heavy atom. The van der Waals surface area contributed by atoms with Crippen molar-refractivity contribution < 1.29 is 31.1 Å². The van der Waals surface area contributed by atoms with Crippen LogP contribution in [-0.4, -0.2) is 5.91 Å². The summed E-state index contributed by atoms with van der Waals surface area (Å²) in [5, 5.41) is 2.60. The highest BCUT2D eigenvalue weighted by Crippen LogP contribution is 2.37. The number of alkyl halides is 6. The maximum absolute atomic E-state index is 12.9. The van der Waals surface area contributed by atoms with Gasteiger partial charge in [-0.05, 0) is 29.3 Å². The van der Waals surface area contributed by atoms with E-state index in [4.69, 9.17) is 5.73 Å². The van der Waals surface area contributed by atoms with Crippen molar-refractivity contribution in [3.8, 4) is 0 Å². The molecule has 0 aromatic heterocycles. The lowest BCUT2D eigenvalue weighted by molar-refractivity contribution is -0.143. The number of nitrogens with two attached hydrogens (primary N) is 1. The van der Waals surface area contributed by atoms with Gasteiger partial charge in [-0.3, -0.25) is 10.1 Å². The Bertz CT molecular complexity index is 739. The third-order valence-electron chi connectivity index (χ3n) is 3.58.